The fourth-order valence-corrected chi connectivity index (χ4v) is 3.00. The predicted molar refractivity (Wildman–Crippen MR) is 70.1 cm³/mol. The first-order valence-corrected chi connectivity index (χ1v) is 6.33. The maximum absolute atomic E-state index is 9.89. The van der Waals surface area contributed by atoms with Gasteiger partial charge in [0, 0.05) is 12.2 Å². The second-order valence-corrected chi connectivity index (χ2v) is 5.35. The SMILES string of the molecule is Cc1cn(C2CC(C)C(O)C2)c2ncnc(N)c12. The third-order valence-electron chi connectivity index (χ3n) is 4.04. The van der Waals surface area contributed by atoms with E-state index in [1.165, 1.54) is 6.33 Å². The number of nitrogen functional groups attached to an aromatic ring is 1. The molecule has 2 aromatic rings. The van der Waals surface area contributed by atoms with Gasteiger partial charge >= 0.3 is 0 Å². The molecule has 2 heterocycles. The van der Waals surface area contributed by atoms with Crippen LogP contribution in [0, 0.1) is 12.8 Å². The van der Waals surface area contributed by atoms with E-state index in [1.807, 2.05) is 6.92 Å². The number of nitrogens with zero attached hydrogens (tertiary/aromatic N) is 3. The number of fused-ring (bicyclic) bond motifs is 1. The molecular formula is C13H18N4O. The number of aryl methyl sites for hydroxylation is 1. The molecule has 18 heavy (non-hydrogen) atoms. The zero-order valence-electron chi connectivity index (χ0n) is 10.7. The highest BCUT2D eigenvalue weighted by molar-refractivity contribution is 5.89. The molecule has 1 aliphatic rings. The van der Waals surface area contributed by atoms with Crippen molar-refractivity contribution in [3.05, 3.63) is 18.1 Å². The molecular weight excluding hydrogens is 228 g/mol. The number of anilines is 1. The third kappa shape index (κ3) is 1.58. The highest BCUT2D eigenvalue weighted by Gasteiger charge is 2.32. The molecule has 3 unspecified atom stereocenters. The highest BCUT2D eigenvalue weighted by atomic mass is 16.3. The quantitative estimate of drug-likeness (QED) is 0.802. The van der Waals surface area contributed by atoms with Crippen LogP contribution in [-0.2, 0) is 0 Å². The van der Waals surface area contributed by atoms with Crippen LogP contribution in [0.3, 0.4) is 0 Å². The van der Waals surface area contributed by atoms with Crippen molar-refractivity contribution in [3.8, 4) is 0 Å². The number of hydrogen-bond acceptors (Lipinski definition) is 4. The van der Waals surface area contributed by atoms with Crippen molar-refractivity contribution in [3.63, 3.8) is 0 Å². The molecule has 5 heteroatoms. The van der Waals surface area contributed by atoms with Crippen LogP contribution in [0.2, 0.25) is 0 Å². The zero-order valence-corrected chi connectivity index (χ0v) is 10.7. The summed E-state index contributed by atoms with van der Waals surface area (Å²) in [6.45, 7) is 4.11. The summed E-state index contributed by atoms with van der Waals surface area (Å²) < 4.78 is 2.15. The van der Waals surface area contributed by atoms with E-state index in [2.05, 4.69) is 27.7 Å². The lowest BCUT2D eigenvalue weighted by Crippen LogP contribution is -2.09. The van der Waals surface area contributed by atoms with Gasteiger partial charge in [-0.3, -0.25) is 0 Å². The molecule has 0 bridgehead atoms. The third-order valence-corrected chi connectivity index (χ3v) is 4.04. The molecule has 1 aliphatic carbocycles. The van der Waals surface area contributed by atoms with Crippen LogP contribution in [0.5, 0.6) is 0 Å². The standard InChI is InChI=1S/C13H18N4O/c1-7-3-9(4-10(7)18)17-5-8(2)11-12(14)15-6-16-13(11)17/h5-7,9-10,18H,3-4H2,1-2H3,(H2,14,15,16). The molecule has 1 saturated carbocycles. The van der Waals surface area contributed by atoms with Crippen LogP contribution in [-0.4, -0.2) is 25.7 Å². The van der Waals surface area contributed by atoms with E-state index in [0.717, 1.165) is 29.4 Å². The smallest absolute Gasteiger partial charge is 0.145 e. The summed E-state index contributed by atoms with van der Waals surface area (Å²) in [5, 5.41) is 10.8. The number of aromatic nitrogens is 3. The molecule has 0 radical (unpaired) electrons. The molecule has 5 nitrogen and oxygen atoms in total. The maximum atomic E-state index is 9.89. The number of rotatable bonds is 1. The van der Waals surface area contributed by atoms with Crippen LogP contribution in [0.25, 0.3) is 11.0 Å². The minimum atomic E-state index is -0.216. The van der Waals surface area contributed by atoms with Gasteiger partial charge in [-0.1, -0.05) is 6.92 Å². The minimum Gasteiger partial charge on any atom is -0.393 e. The monoisotopic (exact) mass is 246 g/mol. The van der Waals surface area contributed by atoms with Gasteiger partial charge in [0.2, 0.25) is 0 Å². The van der Waals surface area contributed by atoms with Gasteiger partial charge in [-0.25, -0.2) is 9.97 Å². The molecule has 3 N–H and O–H groups in total. The van der Waals surface area contributed by atoms with E-state index >= 15 is 0 Å². The van der Waals surface area contributed by atoms with Crippen LogP contribution in [0.4, 0.5) is 5.82 Å². The van der Waals surface area contributed by atoms with Gasteiger partial charge in [0.05, 0.1) is 11.5 Å². The van der Waals surface area contributed by atoms with E-state index in [-0.39, 0.29) is 6.10 Å². The summed E-state index contributed by atoms with van der Waals surface area (Å²) in [6, 6.07) is 0.306. The van der Waals surface area contributed by atoms with Crippen molar-refractivity contribution in [2.45, 2.75) is 38.8 Å². The summed E-state index contributed by atoms with van der Waals surface area (Å²) >= 11 is 0. The van der Waals surface area contributed by atoms with Crippen molar-refractivity contribution in [1.29, 1.82) is 0 Å². The van der Waals surface area contributed by atoms with Gasteiger partial charge in [0.25, 0.3) is 0 Å². The largest absolute Gasteiger partial charge is 0.393 e. The fraction of sp³-hybridized carbons (Fsp3) is 0.538. The Bertz CT molecular complexity index is 582. The zero-order chi connectivity index (χ0) is 12.9. The van der Waals surface area contributed by atoms with Crippen molar-refractivity contribution in [2.75, 3.05) is 5.73 Å². The van der Waals surface area contributed by atoms with Gasteiger partial charge in [0.15, 0.2) is 0 Å². The lowest BCUT2D eigenvalue weighted by atomic mass is 10.1. The molecule has 0 spiro atoms. The van der Waals surface area contributed by atoms with E-state index < -0.39 is 0 Å². The Kier molecular flexibility index (Phi) is 2.52. The number of nitrogens with two attached hydrogens (primary N) is 1. The van der Waals surface area contributed by atoms with Crippen LogP contribution >= 0.6 is 0 Å². The summed E-state index contributed by atoms with van der Waals surface area (Å²) in [5.74, 6) is 0.870. The van der Waals surface area contributed by atoms with Crippen molar-refractivity contribution >= 4 is 16.9 Å². The topological polar surface area (TPSA) is 77.0 Å². The second kappa shape index (κ2) is 3.95. The minimum absolute atomic E-state index is 0.216. The Balaban J connectivity index is 2.11. The molecule has 0 saturated heterocycles. The first-order valence-electron chi connectivity index (χ1n) is 6.33. The van der Waals surface area contributed by atoms with E-state index in [1.54, 1.807) is 0 Å². The van der Waals surface area contributed by atoms with Crippen LogP contribution < -0.4 is 5.73 Å². The number of aliphatic hydroxyl groups is 1. The Morgan fingerprint density at radius 1 is 1.39 bits per heavy atom. The van der Waals surface area contributed by atoms with Crippen molar-refractivity contribution in [2.24, 2.45) is 5.92 Å². The van der Waals surface area contributed by atoms with E-state index in [0.29, 0.717) is 17.8 Å². The molecule has 1 fully saturated rings. The number of aliphatic hydroxyl groups excluding tert-OH is 1. The first kappa shape index (κ1) is 11.5. The molecule has 0 aromatic carbocycles. The summed E-state index contributed by atoms with van der Waals surface area (Å²) in [7, 11) is 0. The van der Waals surface area contributed by atoms with Crippen LogP contribution in [0.15, 0.2) is 12.5 Å². The summed E-state index contributed by atoms with van der Waals surface area (Å²) in [5.41, 5.74) is 7.89. The predicted octanol–water partition coefficient (Wildman–Crippen LogP) is 1.65. The highest BCUT2D eigenvalue weighted by Crippen LogP contribution is 2.37. The Labute approximate surface area is 106 Å². The summed E-state index contributed by atoms with van der Waals surface area (Å²) in [4.78, 5) is 8.39. The molecule has 2 aromatic heterocycles. The lowest BCUT2D eigenvalue weighted by Gasteiger charge is -2.12. The normalized spacial score (nSPS) is 28.1. The van der Waals surface area contributed by atoms with Crippen molar-refractivity contribution in [1.82, 2.24) is 14.5 Å². The maximum Gasteiger partial charge on any atom is 0.145 e. The molecule has 3 atom stereocenters. The van der Waals surface area contributed by atoms with Gasteiger partial charge < -0.3 is 15.4 Å². The summed E-state index contributed by atoms with van der Waals surface area (Å²) in [6.07, 6.45) is 5.13. The molecule has 0 aliphatic heterocycles. The van der Waals surface area contributed by atoms with Gasteiger partial charge in [-0.2, -0.15) is 0 Å². The Hall–Kier alpha value is -1.62. The Morgan fingerprint density at radius 2 is 2.17 bits per heavy atom. The average Bonchev–Trinajstić information content (AvgIpc) is 2.82. The first-order chi connectivity index (χ1) is 8.58. The molecule has 0 amide bonds. The molecule has 96 valence electrons. The average molecular weight is 246 g/mol. The van der Waals surface area contributed by atoms with Gasteiger partial charge in [-0.05, 0) is 31.2 Å². The molecule has 3 rings (SSSR count). The second-order valence-electron chi connectivity index (χ2n) is 5.35. The van der Waals surface area contributed by atoms with Crippen LogP contribution in [0.1, 0.15) is 31.4 Å². The number of hydrogen-bond donors (Lipinski definition) is 2. The fourth-order valence-electron chi connectivity index (χ4n) is 3.00. The Morgan fingerprint density at radius 3 is 2.83 bits per heavy atom. The van der Waals surface area contributed by atoms with E-state index in [9.17, 15) is 5.11 Å². The van der Waals surface area contributed by atoms with E-state index in [4.69, 9.17) is 5.73 Å². The van der Waals surface area contributed by atoms with Gasteiger partial charge in [-0.15, -0.1) is 0 Å². The van der Waals surface area contributed by atoms with Crippen molar-refractivity contribution < 1.29 is 5.11 Å². The lowest BCUT2D eigenvalue weighted by molar-refractivity contribution is 0.139. The van der Waals surface area contributed by atoms with Gasteiger partial charge in [0.1, 0.15) is 17.8 Å².